The summed E-state index contributed by atoms with van der Waals surface area (Å²) in [4.78, 5) is 64.5. The number of amides is 4. The summed E-state index contributed by atoms with van der Waals surface area (Å²) in [6.45, 7) is 6.38. The molecule has 7 rings (SSSR count). The first kappa shape index (κ1) is 29.8. The second-order valence-corrected chi connectivity index (χ2v) is 11.5. The molecule has 12 heteroatoms. The van der Waals surface area contributed by atoms with Crippen molar-refractivity contribution >= 4 is 40.1 Å². The highest BCUT2D eigenvalue weighted by molar-refractivity contribution is 6.21. The fourth-order valence-electron chi connectivity index (χ4n) is 6.16. The Balaban J connectivity index is 1.03. The minimum Gasteiger partial charge on any atom is -0.383 e. The number of rotatable bonds is 8. The molecule has 47 heavy (non-hydrogen) atoms. The molecule has 236 valence electrons. The van der Waals surface area contributed by atoms with Crippen molar-refractivity contribution in [2.75, 3.05) is 25.0 Å². The van der Waals surface area contributed by atoms with Crippen molar-refractivity contribution in [3.63, 3.8) is 0 Å². The van der Waals surface area contributed by atoms with Gasteiger partial charge in [-0.2, -0.15) is 0 Å². The fourth-order valence-corrected chi connectivity index (χ4v) is 6.16. The Morgan fingerprint density at radius 2 is 1.77 bits per heavy atom. The van der Waals surface area contributed by atoms with Crippen LogP contribution in [-0.2, 0) is 24.3 Å². The van der Waals surface area contributed by atoms with Gasteiger partial charge < -0.3 is 20.1 Å². The molecule has 0 atom stereocenters. The lowest BCUT2D eigenvalue weighted by atomic mass is 10.0. The van der Waals surface area contributed by atoms with Gasteiger partial charge in [0.25, 0.3) is 17.7 Å². The van der Waals surface area contributed by atoms with E-state index in [1.54, 1.807) is 37.4 Å². The predicted octanol–water partition coefficient (Wildman–Crippen LogP) is 3.81. The third-order valence-corrected chi connectivity index (χ3v) is 8.63. The molecule has 12 nitrogen and oxygen atoms in total. The lowest BCUT2D eigenvalue weighted by molar-refractivity contribution is -0.130. The van der Waals surface area contributed by atoms with E-state index in [1.165, 1.54) is 0 Å². The van der Waals surface area contributed by atoms with Gasteiger partial charge in [0.05, 0.1) is 34.8 Å². The molecule has 2 aliphatic rings. The van der Waals surface area contributed by atoms with Crippen LogP contribution in [-0.4, -0.2) is 67.7 Å². The van der Waals surface area contributed by atoms with Crippen LogP contribution >= 0.6 is 0 Å². The number of anilines is 1. The molecule has 5 aromatic rings. The molecule has 0 radical (unpaired) electrons. The van der Waals surface area contributed by atoms with E-state index in [0.717, 1.165) is 57.8 Å². The number of pyridine rings is 2. The van der Waals surface area contributed by atoms with E-state index in [1.807, 2.05) is 35.4 Å². The van der Waals surface area contributed by atoms with E-state index >= 15 is 0 Å². The van der Waals surface area contributed by atoms with E-state index < -0.39 is 11.8 Å². The number of hydrogen-bond donors (Lipinski definition) is 3. The number of fused-ring (bicyclic) bond motifs is 3. The first-order valence-corrected chi connectivity index (χ1v) is 15.5. The molecule has 0 saturated carbocycles. The topological polar surface area (TPSA) is 151 Å². The van der Waals surface area contributed by atoms with Crippen LogP contribution in [0.4, 0.5) is 5.69 Å². The Kier molecular flexibility index (Phi) is 7.68. The van der Waals surface area contributed by atoms with Crippen LogP contribution in [0.3, 0.4) is 0 Å². The molecule has 3 aromatic heterocycles. The van der Waals surface area contributed by atoms with Gasteiger partial charge in [-0.05, 0) is 41.8 Å². The van der Waals surface area contributed by atoms with E-state index in [2.05, 4.69) is 38.5 Å². The Morgan fingerprint density at radius 1 is 0.915 bits per heavy atom. The van der Waals surface area contributed by atoms with Crippen LogP contribution in [0.25, 0.3) is 33.3 Å². The standard InChI is InChI=1S/C35H32N8O4/c1-3-31-40-32(30-19-42(20(2)44)13-14-43(30)31)24-6-4-5-21-15-29(39-18-27(21)24)22-7-10-28(38-17-22)35(47)37-12-11-36-23-8-9-25-26(16-23)34(46)41-33(25)45/h4-10,15-18,36H,3,11-14,19H2,1-2H3,(H,37,47)(H,41,45,46). The second-order valence-electron chi connectivity index (χ2n) is 11.5. The lowest BCUT2D eigenvalue weighted by Crippen LogP contribution is -2.37. The maximum absolute atomic E-state index is 12.7. The highest BCUT2D eigenvalue weighted by Crippen LogP contribution is 2.34. The Hall–Kier alpha value is -5.91. The van der Waals surface area contributed by atoms with Gasteiger partial charge in [-0.1, -0.05) is 25.1 Å². The lowest BCUT2D eigenvalue weighted by Gasteiger charge is -2.28. The number of hydrogen-bond acceptors (Lipinski definition) is 8. The molecule has 5 heterocycles. The van der Waals surface area contributed by atoms with Crippen LogP contribution in [0, 0.1) is 0 Å². The predicted molar refractivity (Wildman–Crippen MR) is 176 cm³/mol. The summed E-state index contributed by atoms with van der Waals surface area (Å²) < 4.78 is 2.24. The zero-order valence-electron chi connectivity index (χ0n) is 26.0. The Morgan fingerprint density at radius 3 is 2.55 bits per heavy atom. The number of imide groups is 1. The summed E-state index contributed by atoms with van der Waals surface area (Å²) in [5.41, 5.74) is 6.06. The molecule has 3 N–H and O–H groups in total. The van der Waals surface area contributed by atoms with Crippen LogP contribution in [0.15, 0.2) is 67.0 Å². The van der Waals surface area contributed by atoms with Gasteiger partial charge in [0, 0.05) is 74.1 Å². The molecule has 0 aliphatic carbocycles. The maximum atomic E-state index is 12.7. The molecule has 0 spiro atoms. The van der Waals surface area contributed by atoms with E-state index in [4.69, 9.17) is 9.97 Å². The number of nitrogens with one attached hydrogen (secondary N) is 3. The molecule has 2 aliphatic heterocycles. The molecular weight excluding hydrogens is 596 g/mol. The van der Waals surface area contributed by atoms with E-state index in [0.29, 0.717) is 43.0 Å². The third kappa shape index (κ3) is 5.58. The smallest absolute Gasteiger partial charge is 0.269 e. The normalized spacial score (nSPS) is 13.7. The highest BCUT2D eigenvalue weighted by atomic mass is 16.2. The number of carbonyl (C=O) groups is 4. The second kappa shape index (κ2) is 12.1. The van der Waals surface area contributed by atoms with Crippen molar-refractivity contribution in [2.45, 2.75) is 33.4 Å². The Bertz CT molecular complexity index is 2090. The van der Waals surface area contributed by atoms with Crippen LogP contribution in [0.1, 0.15) is 56.6 Å². The van der Waals surface area contributed by atoms with Gasteiger partial charge in [-0.3, -0.25) is 34.5 Å². The SMILES string of the molecule is CCc1nc(-c2cccc3cc(-c4ccc(C(=O)NCCNc5ccc6c(c5)C(=O)NC6=O)nc4)ncc23)c2n1CCN(C(C)=O)C2. The molecule has 4 amide bonds. The van der Waals surface area contributed by atoms with Crippen molar-refractivity contribution < 1.29 is 19.2 Å². The average Bonchev–Trinajstić information content (AvgIpc) is 3.61. The summed E-state index contributed by atoms with van der Waals surface area (Å²) in [6.07, 6.45) is 4.29. The summed E-state index contributed by atoms with van der Waals surface area (Å²) in [5.74, 6) is -0.0536. The summed E-state index contributed by atoms with van der Waals surface area (Å²) in [7, 11) is 0. The summed E-state index contributed by atoms with van der Waals surface area (Å²) in [5, 5.41) is 10.2. The molecule has 0 unspecified atom stereocenters. The van der Waals surface area contributed by atoms with Crippen molar-refractivity contribution in [1.82, 2.24) is 35.1 Å². The van der Waals surface area contributed by atoms with Gasteiger partial charge in [0.2, 0.25) is 5.91 Å². The zero-order valence-corrected chi connectivity index (χ0v) is 26.0. The van der Waals surface area contributed by atoms with Crippen molar-refractivity contribution in [3.8, 4) is 22.5 Å². The molecular formula is C35H32N8O4. The molecule has 0 bridgehead atoms. The highest BCUT2D eigenvalue weighted by Gasteiger charge is 2.27. The monoisotopic (exact) mass is 628 g/mol. The van der Waals surface area contributed by atoms with E-state index in [-0.39, 0.29) is 17.5 Å². The Labute approximate surface area is 270 Å². The zero-order chi connectivity index (χ0) is 32.7. The number of carbonyl (C=O) groups excluding carboxylic acids is 4. The number of benzene rings is 2. The fraction of sp³-hybridized carbons (Fsp3) is 0.229. The largest absolute Gasteiger partial charge is 0.383 e. The first-order valence-electron chi connectivity index (χ1n) is 15.5. The van der Waals surface area contributed by atoms with Gasteiger partial charge in [0.1, 0.15) is 11.5 Å². The minimum atomic E-state index is -0.415. The summed E-state index contributed by atoms with van der Waals surface area (Å²) in [6, 6.07) is 16.5. The van der Waals surface area contributed by atoms with Crippen molar-refractivity contribution in [3.05, 3.63) is 95.3 Å². The quantitative estimate of drug-likeness (QED) is 0.173. The third-order valence-electron chi connectivity index (χ3n) is 8.63. The summed E-state index contributed by atoms with van der Waals surface area (Å²) >= 11 is 0. The average molecular weight is 629 g/mol. The minimum absolute atomic E-state index is 0.0588. The van der Waals surface area contributed by atoms with Crippen molar-refractivity contribution in [2.24, 2.45) is 0 Å². The number of imidazole rings is 1. The van der Waals surface area contributed by atoms with Gasteiger partial charge in [-0.15, -0.1) is 0 Å². The van der Waals surface area contributed by atoms with Gasteiger partial charge in [-0.25, -0.2) is 4.98 Å². The van der Waals surface area contributed by atoms with Crippen LogP contribution in [0.2, 0.25) is 0 Å². The van der Waals surface area contributed by atoms with Crippen LogP contribution in [0.5, 0.6) is 0 Å². The van der Waals surface area contributed by atoms with Gasteiger partial charge in [0.15, 0.2) is 0 Å². The number of nitrogens with zero attached hydrogens (tertiary/aromatic N) is 5. The molecule has 2 aromatic carbocycles. The number of aromatic nitrogens is 4. The molecule has 0 fully saturated rings. The first-order chi connectivity index (χ1) is 22.8. The van der Waals surface area contributed by atoms with Crippen molar-refractivity contribution in [1.29, 1.82) is 0 Å². The van der Waals surface area contributed by atoms with Gasteiger partial charge >= 0.3 is 0 Å². The molecule has 0 saturated heterocycles. The maximum Gasteiger partial charge on any atom is 0.269 e. The number of aryl methyl sites for hydroxylation is 1. The van der Waals surface area contributed by atoms with Crippen LogP contribution < -0.4 is 16.0 Å². The van der Waals surface area contributed by atoms with E-state index in [9.17, 15) is 19.2 Å².